The highest BCUT2D eigenvalue weighted by atomic mass is 16.4. The number of carboxylic acid groups (broad SMARTS) is 1. The SMILES string of the molecule is CCN(CC)c1c2ccccc2cc2ccc(C(=O)O)cc12. The molecule has 0 aliphatic heterocycles. The highest BCUT2D eigenvalue weighted by molar-refractivity contribution is 6.12. The van der Waals surface area contributed by atoms with Crippen molar-refractivity contribution >= 4 is 33.2 Å². The van der Waals surface area contributed by atoms with Crippen molar-refractivity contribution in [3.8, 4) is 0 Å². The van der Waals surface area contributed by atoms with Crippen LogP contribution in [0.5, 0.6) is 0 Å². The van der Waals surface area contributed by atoms with Crippen molar-refractivity contribution in [1.29, 1.82) is 0 Å². The summed E-state index contributed by atoms with van der Waals surface area (Å²) in [5, 5.41) is 13.7. The molecule has 3 aromatic carbocycles. The van der Waals surface area contributed by atoms with Crippen LogP contribution in [0, 0.1) is 0 Å². The van der Waals surface area contributed by atoms with Crippen LogP contribution in [0.2, 0.25) is 0 Å². The highest BCUT2D eigenvalue weighted by Crippen LogP contribution is 2.36. The van der Waals surface area contributed by atoms with E-state index in [0.29, 0.717) is 5.56 Å². The Hall–Kier alpha value is -2.55. The van der Waals surface area contributed by atoms with Gasteiger partial charge in [-0.05, 0) is 42.8 Å². The summed E-state index contributed by atoms with van der Waals surface area (Å²) in [6.45, 7) is 6.02. The van der Waals surface area contributed by atoms with Crippen LogP contribution < -0.4 is 4.90 Å². The lowest BCUT2D eigenvalue weighted by atomic mass is 9.98. The Kier molecular flexibility index (Phi) is 3.72. The van der Waals surface area contributed by atoms with Gasteiger partial charge in [-0.25, -0.2) is 4.79 Å². The summed E-state index contributed by atoms with van der Waals surface area (Å²) >= 11 is 0. The molecule has 0 radical (unpaired) electrons. The average Bonchev–Trinajstić information content (AvgIpc) is 2.54. The number of rotatable bonds is 4. The number of aromatic carboxylic acids is 1. The average molecular weight is 293 g/mol. The van der Waals surface area contributed by atoms with Crippen LogP contribution in [0.25, 0.3) is 21.5 Å². The number of carbonyl (C=O) groups is 1. The van der Waals surface area contributed by atoms with Crippen molar-refractivity contribution in [2.75, 3.05) is 18.0 Å². The first-order valence-corrected chi connectivity index (χ1v) is 7.59. The van der Waals surface area contributed by atoms with Gasteiger partial charge in [-0.15, -0.1) is 0 Å². The Morgan fingerprint density at radius 3 is 2.32 bits per heavy atom. The predicted molar refractivity (Wildman–Crippen MR) is 92.0 cm³/mol. The number of fused-ring (bicyclic) bond motifs is 2. The molecule has 0 bridgehead atoms. The first-order chi connectivity index (χ1) is 10.7. The lowest BCUT2D eigenvalue weighted by Crippen LogP contribution is -2.22. The van der Waals surface area contributed by atoms with Gasteiger partial charge in [0.1, 0.15) is 0 Å². The van der Waals surface area contributed by atoms with E-state index in [2.05, 4.69) is 36.9 Å². The Morgan fingerprint density at radius 1 is 0.955 bits per heavy atom. The Bertz CT molecular complexity index is 851. The minimum absolute atomic E-state index is 0.330. The lowest BCUT2D eigenvalue weighted by molar-refractivity contribution is 0.0697. The van der Waals surface area contributed by atoms with E-state index < -0.39 is 5.97 Å². The van der Waals surface area contributed by atoms with Crippen molar-refractivity contribution in [3.05, 3.63) is 54.1 Å². The Morgan fingerprint density at radius 2 is 1.64 bits per heavy atom. The summed E-state index contributed by atoms with van der Waals surface area (Å²) in [6.07, 6.45) is 0. The van der Waals surface area contributed by atoms with Gasteiger partial charge in [0.25, 0.3) is 0 Å². The van der Waals surface area contributed by atoms with E-state index >= 15 is 0 Å². The summed E-state index contributed by atoms with van der Waals surface area (Å²) < 4.78 is 0. The van der Waals surface area contributed by atoms with Crippen LogP contribution in [0.4, 0.5) is 5.69 Å². The van der Waals surface area contributed by atoms with Gasteiger partial charge >= 0.3 is 5.97 Å². The zero-order valence-corrected chi connectivity index (χ0v) is 12.8. The number of anilines is 1. The van der Waals surface area contributed by atoms with Gasteiger partial charge in [0, 0.05) is 23.9 Å². The maximum absolute atomic E-state index is 11.3. The molecule has 0 saturated carbocycles. The summed E-state index contributed by atoms with van der Waals surface area (Å²) in [7, 11) is 0. The molecule has 0 spiro atoms. The molecule has 0 amide bonds. The molecule has 0 aliphatic rings. The first kappa shape index (κ1) is 14.4. The number of hydrogen-bond donors (Lipinski definition) is 1. The zero-order chi connectivity index (χ0) is 15.7. The highest BCUT2D eigenvalue weighted by Gasteiger charge is 2.14. The zero-order valence-electron chi connectivity index (χ0n) is 12.8. The molecule has 3 heteroatoms. The fourth-order valence-corrected chi connectivity index (χ4v) is 3.05. The third kappa shape index (κ3) is 2.29. The molecule has 0 aromatic heterocycles. The van der Waals surface area contributed by atoms with E-state index in [1.807, 2.05) is 18.2 Å². The number of nitrogens with zero attached hydrogens (tertiary/aromatic N) is 1. The van der Waals surface area contributed by atoms with E-state index in [1.165, 1.54) is 10.8 Å². The second kappa shape index (κ2) is 5.68. The van der Waals surface area contributed by atoms with Crippen LogP contribution in [-0.2, 0) is 0 Å². The predicted octanol–water partition coefficient (Wildman–Crippen LogP) is 4.54. The van der Waals surface area contributed by atoms with Crippen molar-refractivity contribution in [1.82, 2.24) is 0 Å². The maximum atomic E-state index is 11.3. The minimum Gasteiger partial charge on any atom is -0.478 e. The van der Waals surface area contributed by atoms with Gasteiger partial charge in [0.05, 0.1) is 11.3 Å². The minimum atomic E-state index is -0.888. The first-order valence-electron chi connectivity index (χ1n) is 7.59. The quantitative estimate of drug-likeness (QED) is 0.718. The topological polar surface area (TPSA) is 40.5 Å². The van der Waals surface area contributed by atoms with Crippen LogP contribution >= 0.6 is 0 Å². The van der Waals surface area contributed by atoms with Gasteiger partial charge in [-0.3, -0.25) is 0 Å². The molecule has 22 heavy (non-hydrogen) atoms. The molecule has 3 rings (SSSR count). The normalized spacial score (nSPS) is 11.0. The Labute approximate surface area is 129 Å². The second-order valence-corrected chi connectivity index (χ2v) is 5.36. The molecule has 0 saturated heterocycles. The largest absolute Gasteiger partial charge is 0.478 e. The Balaban J connectivity index is 2.45. The summed E-state index contributed by atoms with van der Waals surface area (Å²) in [6, 6.07) is 15.8. The summed E-state index contributed by atoms with van der Waals surface area (Å²) in [4.78, 5) is 13.6. The van der Waals surface area contributed by atoms with Gasteiger partial charge in [-0.1, -0.05) is 30.3 Å². The maximum Gasteiger partial charge on any atom is 0.335 e. The van der Waals surface area contributed by atoms with E-state index in [-0.39, 0.29) is 0 Å². The van der Waals surface area contributed by atoms with Crippen molar-refractivity contribution in [2.24, 2.45) is 0 Å². The van der Waals surface area contributed by atoms with Crippen molar-refractivity contribution in [3.63, 3.8) is 0 Å². The molecule has 0 unspecified atom stereocenters. The van der Waals surface area contributed by atoms with Crippen molar-refractivity contribution < 1.29 is 9.90 Å². The van der Waals surface area contributed by atoms with E-state index in [4.69, 9.17) is 0 Å². The van der Waals surface area contributed by atoms with Gasteiger partial charge < -0.3 is 10.0 Å². The van der Waals surface area contributed by atoms with Crippen LogP contribution in [-0.4, -0.2) is 24.2 Å². The van der Waals surface area contributed by atoms with Gasteiger partial charge in [0.15, 0.2) is 0 Å². The molecule has 3 nitrogen and oxygen atoms in total. The van der Waals surface area contributed by atoms with E-state index in [0.717, 1.165) is 29.5 Å². The smallest absolute Gasteiger partial charge is 0.335 e. The van der Waals surface area contributed by atoms with E-state index in [9.17, 15) is 9.90 Å². The molecule has 0 atom stereocenters. The molecular formula is C19H19NO2. The third-order valence-corrected chi connectivity index (χ3v) is 4.16. The monoisotopic (exact) mass is 293 g/mol. The molecular weight excluding hydrogens is 274 g/mol. The number of carboxylic acids is 1. The fourth-order valence-electron chi connectivity index (χ4n) is 3.05. The molecule has 0 fully saturated rings. The van der Waals surface area contributed by atoms with Crippen molar-refractivity contribution in [2.45, 2.75) is 13.8 Å². The number of hydrogen-bond acceptors (Lipinski definition) is 2. The molecule has 3 aromatic rings. The summed E-state index contributed by atoms with van der Waals surface area (Å²) in [5.41, 5.74) is 1.46. The molecule has 0 aliphatic carbocycles. The standard InChI is InChI=1S/C19H19NO2/c1-3-20(4-2)18-16-8-6-5-7-13(16)11-14-9-10-15(19(21)22)12-17(14)18/h5-12H,3-4H2,1-2H3,(H,21,22). The van der Waals surface area contributed by atoms with Crippen LogP contribution in [0.3, 0.4) is 0 Å². The number of benzene rings is 3. The van der Waals surface area contributed by atoms with Crippen LogP contribution in [0.15, 0.2) is 48.5 Å². The van der Waals surface area contributed by atoms with E-state index in [1.54, 1.807) is 12.1 Å². The molecule has 112 valence electrons. The van der Waals surface area contributed by atoms with Crippen LogP contribution in [0.1, 0.15) is 24.2 Å². The molecule has 1 N–H and O–H groups in total. The van der Waals surface area contributed by atoms with Gasteiger partial charge in [-0.2, -0.15) is 0 Å². The fraction of sp³-hybridized carbons (Fsp3) is 0.211. The lowest BCUT2D eigenvalue weighted by Gasteiger charge is -2.25. The third-order valence-electron chi connectivity index (χ3n) is 4.16. The second-order valence-electron chi connectivity index (χ2n) is 5.36. The summed E-state index contributed by atoms with van der Waals surface area (Å²) in [5.74, 6) is -0.888. The van der Waals surface area contributed by atoms with Gasteiger partial charge in [0.2, 0.25) is 0 Å². The molecule has 0 heterocycles.